The minimum atomic E-state index is -1.02. The second-order valence-electron chi connectivity index (χ2n) is 5.67. The highest BCUT2D eigenvalue weighted by Crippen LogP contribution is 2.26. The average molecular weight is 289 g/mol. The van der Waals surface area contributed by atoms with Crippen molar-refractivity contribution in [1.82, 2.24) is 5.32 Å². The number of benzene rings is 1. The molecule has 0 aliphatic heterocycles. The highest BCUT2D eigenvalue weighted by Gasteiger charge is 2.33. The van der Waals surface area contributed by atoms with Crippen LogP contribution in [0.5, 0.6) is 0 Å². The number of carboxylic acid groups (broad SMARTS) is 1. The summed E-state index contributed by atoms with van der Waals surface area (Å²) in [5.41, 5.74) is 1.12. The summed E-state index contributed by atoms with van der Waals surface area (Å²) in [6, 6.07) is 6.74. The first-order valence-corrected chi connectivity index (χ1v) is 7.01. The molecule has 0 bridgehead atoms. The third kappa shape index (κ3) is 4.18. The van der Waals surface area contributed by atoms with Gasteiger partial charge in [0.2, 0.25) is 5.91 Å². The Hall–Kier alpha value is -2.10. The van der Waals surface area contributed by atoms with Crippen LogP contribution in [0.25, 0.3) is 0 Å². The van der Waals surface area contributed by atoms with Gasteiger partial charge in [-0.1, -0.05) is 30.3 Å². The Kier molecular flexibility index (Phi) is 5.70. The Morgan fingerprint density at radius 3 is 2.52 bits per heavy atom. The molecule has 1 rings (SSSR count). The SMILES string of the molecule is C=CCCC(NC(=O)C(C)(C)c1ccccc1C)C(=O)O. The molecule has 1 atom stereocenters. The summed E-state index contributed by atoms with van der Waals surface area (Å²) in [7, 11) is 0. The smallest absolute Gasteiger partial charge is 0.326 e. The summed E-state index contributed by atoms with van der Waals surface area (Å²) in [6.07, 6.45) is 2.53. The van der Waals surface area contributed by atoms with Gasteiger partial charge < -0.3 is 10.4 Å². The third-order valence-corrected chi connectivity index (χ3v) is 3.65. The van der Waals surface area contributed by atoms with Crippen molar-refractivity contribution in [2.45, 2.75) is 45.1 Å². The Balaban J connectivity index is 2.92. The van der Waals surface area contributed by atoms with Crippen LogP contribution in [-0.4, -0.2) is 23.0 Å². The molecule has 1 aromatic carbocycles. The predicted molar refractivity (Wildman–Crippen MR) is 83.2 cm³/mol. The molecule has 1 aromatic rings. The predicted octanol–water partition coefficient (Wildman–Crippen LogP) is 2.81. The van der Waals surface area contributed by atoms with E-state index in [9.17, 15) is 14.7 Å². The van der Waals surface area contributed by atoms with Crippen LogP contribution in [-0.2, 0) is 15.0 Å². The van der Waals surface area contributed by atoms with Gasteiger partial charge in [0.25, 0.3) is 0 Å². The van der Waals surface area contributed by atoms with Crippen molar-refractivity contribution in [2.24, 2.45) is 0 Å². The van der Waals surface area contributed by atoms with Gasteiger partial charge in [0.05, 0.1) is 5.41 Å². The molecule has 4 heteroatoms. The summed E-state index contributed by atoms with van der Waals surface area (Å²) >= 11 is 0. The van der Waals surface area contributed by atoms with Crippen molar-refractivity contribution < 1.29 is 14.7 Å². The first-order chi connectivity index (χ1) is 9.80. The highest BCUT2D eigenvalue weighted by molar-refractivity contribution is 5.91. The molecule has 0 heterocycles. The van der Waals surface area contributed by atoms with Gasteiger partial charge in [0.1, 0.15) is 6.04 Å². The summed E-state index contributed by atoms with van der Waals surface area (Å²) < 4.78 is 0. The van der Waals surface area contributed by atoms with Gasteiger partial charge in [-0.25, -0.2) is 4.79 Å². The van der Waals surface area contributed by atoms with Crippen molar-refractivity contribution in [1.29, 1.82) is 0 Å². The molecule has 0 saturated carbocycles. The standard InChI is InChI=1S/C17H23NO3/c1-5-6-11-14(15(19)20)18-16(21)17(3,4)13-10-8-7-9-12(13)2/h5,7-10,14H,1,6,11H2,2-4H3,(H,18,21)(H,19,20). The maximum atomic E-state index is 12.5. The van der Waals surface area contributed by atoms with E-state index >= 15 is 0 Å². The van der Waals surface area contributed by atoms with Gasteiger partial charge >= 0.3 is 5.97 Å². The minimum absolute atomic E-state index is 0.284. The highest BCUT2D eigenvalue weighted by atomic mass is 16.4. The van der Waals surface area contributed by atoms with E-state index in [0.717, 1.165) is 11.1 Å². The van der Waals surface area contributed by atoms with Crippen molar-refractivity contribution in [3.8, 4) is 0 Å². The average Bonchev–Trinajstić information content (AvgIpc) is 2.43. The number of aliphatic carboxylic acids is 1. The fourth-order valence-corrected chi connectivity index (χ4v) is 2.28. The van der Waals surface area contributed by atoms with Gasteiger partial charge in [-0.15, -0.1) is 6.58 Å². The minimum Gasteiger partial charge on any atom is -0.480 e. The van der Waals surface area contributed by atoms with Crippen LogP contribution in [0.2, 0.25) is 0 Å². The number of carbonyl (C=O) groups is 2. The Morgan fingerprint density at radius 2 is 2.00 bits per heavy atom. The zero-order valence-corrected chi connectivity index (χ0v) is 12.8. The van der Waals surface area contributed by atoms with Crippen LogP contribution in [0, 0.1) is 6.92 Å². The molecule has 0 spiro atoms. The molecular weight excluding hydrogens is 266 g/mol. The molecule has 4 nitrogen and oxygen atoms in total. The molecule has 0 aliphatic carbocycles. The molecule has 0 radical (unpaired) electrons. The fraction of sp³-hybridized carbons (Fsp3) is 0.412. The Morgan fingerprint density at radius 1 is 1.38 bits per heavy atom. The summed E-state index contributed by atoms with van der Waals surface area (Å²) in [6.45, 7) is 9.12. The Bertz CT molecular complexity index is 535. The number of carboxylic acids is 1. The third-order valence-electron chi connectivity index (χ3n) is 3.65. The quantitative estimate of drug-likeness (QED) is 0.759. The Labute approximate surface area is 125 Å². The van der Waals surface area contributed by atoms with E-state index < -0.39 is 17.4 Å². The molecule has 114 valence electrons. The molecule has 2 N–H and O–H groups in total. The number of hydrogen-bond acceptors (Lipinski definition) is 2. The van der Waals surface area contributed by atoms with Crippen molar-refractivity contribution >= 4 is 11.9 Å². The number of carbonyl (C=O) groups excluding carboxylic acids is 1. The number of aryl methyl sites for hydroxylation is 1. The number of rotatable bonds is 7. The number of nitrogens with one attached hydrogen (secondary N) is 1. The van der Waals surface area contributed by atoms with Crippen LogP contribution in [0.4, 0.5) is 0 Å². The number of amides is 1. The summed E-state index contributed by atoms with van der Waals surface area (Å²) in [4.78, 5) is 23.7. The summed E-state index contributed by atoms with van der Waals surface area (Å²) in [5, 5.41) is 11.8. The lowest BCUT2D eigenvalue weighted by Gasteiger charge is -2.27. The largest absolute Gasteiger partial charge is 0.480 e. The van der Waals surface area contributed by atoms with Gasteiger partial charge in [0, 0.05) is 0 Å². The van der Waals surface area contributed by atoms with Gasteiger partial charge in [0.15, 0.2) is 0 Å². The lowest BCUT2D eigenvalue weighted by Crippen LogP contribution is -2.48. The van der Waals surface area contributed by atoms with Gasteiger partial charge in [-0.05, 0) is 44.7 Å². The first-order valence-electron chi connectivity index (χ1n) is 7.01. The molecular formula is C17H23NO3. The molecule has 21 heavy (non-hydrogen) atoms. The van der Waals surface area contributed by atoms with E-state index in [-0.39, 0.29) is 5.91 Å². The molecule has 0 fully saturated rings. The van der Waals surface area contributed by atoms with Crippen molar-refractivity contribution in [2.75, 3.05) is 0 Å². The van der Waals surface area contributed by atoms with E-state index in [4.69, 9.17) is 0 Å². The zero-order chi connectivity index (χ0) is 16.0. The lowest BCUT2D eigenvalue weighted by molar-refractivity contribution is -0.142. The normalized spacial score (nSPS) is 12.5. The van der Waals surface area contributed by atoms with E-state index in [1.54, 1.807) is 19.9 Å². The second kappa shape index (κ2) is 7.07. The van der Waals surface area contributed by atoms with Gasteiger partial charge in [-0.2, -0.15) is 0 Å². The molecule has 1 amide bonds. The first kappa shape index (κ1) is 17.0. The fourth-order valence-electron chi connectivity index (χ4n) is 2.28. The van der Waals surface area contributed by atoms with E-state index in [1.807, 2.05) is 31.2 Å². The van der Waals surface area contributed by atoms with Crippen LogP contribution in [0.15, 0.2) is 36.9 Å². The maximum absolute atomic E-state index is 12.5. The molecule has 0 saturated heterocycles. The van der Waals surface area contributed by atoms with Gasteiger partial charge in [-0.3, -0.25) is 4.79 Å². The van der Waals surface area contributed by atoms with Crippen LogP contribution in [0.3, 0.4) is 0 Å². The second-order valence-corrected chi connectivity index (χ2v) is 5.67. The van der Waals surface area contributed by atoms with Crippen molar-refractivity contribution in [3.05, 3.63) is 48.0 Å². The van der Waals surface area contributed by atoms with E-state index in [0.29, 0.717) is 12.8 Å². The molecule has 0 aliphatic rings. The van der Waals surface area contributed by atoms with E-state index in [2.05, 4.69) is 11.9 Å². The zero-order valence-electron chi connectivity index (χ0n) is 12.8. The van der Waals surface area contributed by atoms with E-state index in [1.165, 1.54) is 0 Å². The maximum Gasteiger partial charge on any atom is 0.326 e. The number of allylic oxidation sites excluding steroid dienone is 1. The molecule has 0 aromatic heterocycles. The number of hydrogen-bond donors (Lipinski definition) is 2. The van der Waals surface area contributed by atoms with Crippen LogP contribution >= 0.6 is 0 Å². The van der Waals surface area contributed by atoms with Crippen LogP contribution in [0.1, 0.15) is 37.8 Å². The molecule has 1 unspecified atom stereocenters. The van der Waals surface area contributed by atoms with Crippen molar-refractivity contribution in [3.63, 3.8) is 0 Å². The monoisotopic (exact) mass is 289 g/mol. The van der Waals surface area contributed by atoms with Crippen LogP contribution < -0.4 is 5.32 Å². The topological polar surface area (TPSA) is 66.4 Å². The lowest BCUT2D eigenvalue weighted by atomic mass is 9.81. The summed E-state index contributed by atoms with van der Waals surface area (Å²) in [5.74, 6) is -1.31.